The third-order valence-corrected chi connectivity index (χ3v) is 5.42. The van der Waals surface area contributed by atoms with E-state index >= 15 is 0 Å². The van der Waals surface area contributed by atoms with E-state index in [1.54, 1.807) is 4.90 Å². The molecule has 2 N–H and O–H groups in total. The highest BCUT2D eigenvalue weighted by Crippen LogP contribution is 2.23. The molecule has 1 aliphatic carbocycles. The Bertz CT molecular complexity index is 584. The van der Waals surface area contributed by atoms with Crippen molar-refractivity contribution in [3.05, 3.63) is 35.9 Å². The van der Waals surface area contributed by atoms with Crippen LogP contribution in [0.4, 0.5) is 0 Å². The van der Waals surface area contributed by atoms with E-state index in [1.807, 2.05) is 30.3 Å². The van der Waals surface area contributed by atoms with Gasteiger partial charge in [-0.2, -0.15) is 0 Å². The van der Waals surface area contributed by atoms with Crippen molar-refractivity contribution >= 4 is 11.7 Å². The van der Waals surface area contributed by atoms with Gasteiger partial charge in [0.2, 0.25) is 0 Å². The summed E-state index contributed by atoms with van der Waals surface area (Å²) in [6, 6.07) is 9.78. The minimum atomic E-state index is -1.21. The Morgan fingerprint density at radius 2 is 1.84 bits per heavy atom. The predicted octanol–water partition coefficient (Wildman–Crippen LogP) is 2.03. The summed E-state index contributed by atoms with van der Waals surface area (Å²) in [5.41, 5.74) is 1.14. The summed E-state index contributed by atoms with van der Waals surface area (Å²) in [5, 5.41) is 13.4. The minimum Gasteiger partial charge on any atom is -0.370 e. The zero-order valence-electron chi connectivity index (χ0n) is 14.7. The van der Waals surface area contributed by atoms with Crippen LogP contribution in [-0.4, -0.2) is 46.6 Å². The molecule has 1 aromatic carbocycles. The van der Waals surface area contributed by atoms with E-state index in [0.717, 1.165) is 44.1 Å². The normalized spacial score (nSPS) is 22.8. The van der Waals surface area contributed by atoms with Gasteiger partial charge in [-0.05, 0) is 37.7 Å². The first-order chi connectivity index (χ1) is 12.1. The fraction of sp³-hybridized carbons (Fsp3) is 0.600. The molecule has 1 saturated carbocycles. The van der Waals surface area contributed by atoms with Crippen molar-refractivity contribution in [1.82, 2.24) is 10.2 Å². The lowest BCUT2D eigenvalue weighted by atomic mass is 10.0. The maximum atomic E-state index is 12.6. The van der Waals surface area contributed by atoms with E-state index in [0.29, 0.717) is 19.4 Å². The molecule has 2 aliphatic rings. The Morgan fingerprint density at radius 3 is 2.56 bits per heavy atom. The molecule has 5 nitrogen and oxygen atoms in total. The van der Waals surface area contributed by atoms with Crippen LogP contribution in [-0.2, 0) is 16.0 Å². The zero-order chi connectivity index (χ0) is 17.6. The Labute approximate surface area is 149 Å². The van der Waals surface area contributed by atoms with Crippen molar-refractivity contribution in [1.29, 1.82) is 0 Å². The van der Waals surface area contributed by atoms with Gasteiger partial charge in [0.15, 0.2) is 6.23 Å². The van der Waals surface area contributed by atoms with Gasteiger partial charge in [-0.25, -0.2) is 0 Å². The highest BCUT2D eigenvalue weighted by atomic mass is 16.3. The van der Waals surface area contributed by atoms with E-state index < -0.39 is 6.23 Å². The molecule has 1 aromatic rings. The average molecular weight is 344 g/mol. The number of hydrogen-bond acceptors (Lipinski definition) is 4. The van der Waals surface area contributed by atoms with Gasteiger partial charge < -0.3 is 10.4 Å². The number of nitrogens with one attached hydrogen (secondary N) is 1. The van der Waals surface area contributed by atoms with Gasteiger partial charge in [-0.15, -0.1) is 0 Å². The SMILES string of the molecule is O=C(NC1CCCC1)C(O)N1CCCC1C(=O)CCc1ccccc1. The number of nitrogens with zero attached hydrogens (tertiary/aromatic N) is 1. The van der Waals surface area contributed by atoms with E-state index in [1.165, 1.54) is 0 Å². The first-order valence-electron chi connectivity index (χ1n) is 9.46. The molecule has 2 unspecified atom stereocenters. The number of carbonyl (C=O) groups is 2. The molecule has 0 radical (unpaired) electrons. The first-order valence-corrected chi connectivity index (χ1v) is 9.46. The largest absolute Gasteiger partial charge is 0.370 e. The fourth-order valence-corrected chi connectivity index (χ4v) is 4.00. The van der Waals surface area contributed by atoms with Gasteiger partial charge >= 0.3 is 0 Å². The van der Waals surface area contributed by atoms with Crippen LogP contribution in [0.1, 0.15) is 50.5 Å². The molecule has 25 heavy (non-hydrogen) atoms. The van der Waals surface area contributed by atoms with Gasteiger partial charge in [-0.1, -0.05) is 43.2 Å². The molecule has 1 heterocycles. The quantitative estimate of drug-likeness (QED) is 0.794. The standard InChI is InChI=1S/C20H28N2O3/c23-18(13-12-15-7-2-1-3-8-15)17-11-6-14-22(17)20(25)19(24)21-16-9-4-5-10-16/h1-3,7-8,16-17,20,25H,4-6,9-14H2,(H,21,24). The number of hydrogen-bond donors (Lipinski definition) is 2. The lowest BCUT2D eigenvalue weighted by Crippen LogP contribution is -2.52. The lowest BCUT2D eigenvalue weighted by Gasteiger charge is -2.28. The molecular formula is C20H28N2O3. The van der Waals surface area contributed by atoms with Gasteiger partial charge in [0.05, 0.1) is 6.04 Å². The molecule has 1 aliphatic heterocycles. The number of rotatable bonds is 7. The number of likely N-dealkylation sites (tertiary alicyclic amines) is 1. The van der Waals surface area contributed by atoms with Crippen LogP contribution in [0.5, 0.6) is 0 Å². The molecule has 0 spiro atoms. The molecule has 2 fully saturated rings. The van der Waals surface area contributed by atoms with E-state index in [4.69, 9.17) is 0 Å². The van der Waals surface area contributed by atoms with Crippen molar-refractivity contribution in [2.45, 2.75) is 69.7 Å². The molecule has 1 saturated heterocycles. The molecule has 1 amide bonds. The number of aliphatic hydroxyl groups is 1. The third kappa shape index (κ3) is 4.67. The van der Waals surface area contributed by atoms with Crippen molar-refractivity contribution in [2.24, 2.45) is 0 Å². The monoisotopic (exact) mass is 344 g/mol. The van der Waals surface area contributed by atoms with Gasteiger partial charge in [0.25, 0.3) is 5.91 Å². The second-order valence-corrected chi connectivity index (χ2v) is 7.21. The number of ketones is 1. The Kier molecular flexibility index (Phi) is 6.21. The summed E-state index contributed by atoms with van der Waals surface area (Å²) < 4.78 is 0. The Balaban J connectivity index is 1.53. The molecule has 2 atom stereocenters. The van der Waals surface area contributed by atoms with Crippen LogP contribution in [0.3, 0.4) is 0 Å². The number of amides is 1. The Morgan fingerprint density at radius 1 is 1.12 bits per heavy atom. The van der Waals surface area contributed by atoms with Crippen LogP contribution < -0.4 is 5.32 Å². The summed E-state index contributed by atoms with van der Waals surface area (Å²) in [7, 11) is 0. The molecule has 136 valence electrons. The van der Waals surface area contributed by atoms with Crippen LogP contribution in [0.2, 0.25) is 0 Å². The Hall–Kier alpha value is -1.72. The van der Waals surface area contributed by atoms with Crippen LogP contribution in [0, 0.1) is 0 Å². The molecule has 3 rings (SSSR count). The second-order valence-electron chi connectivity index (χ2n) is 7.21. The van der Waals surface area contributed by atoms with E-state index in [-0.39, 0.29) is 23.8 Å². The molecule has 0 aromatic heterocycles. The third-order valence-electron chi connectivity index (χ3n) is 5.42. The minimum absolute atomic E-state index is 0.120. The van der Waals surface area contributed by atoms with Crippen molar-refractivity contribution in [3.63, 3.8) is 0 Å². The van der Waals surface area contributed by atoms with E-state index in [9.17, 15) is 14.7 Å². The smallest absolute Gasteiger partial charge is 0.264 e. The number of aliphatic hydroxyl groups excluding tert-OH is 1. The van der Waals surface area contributed by atoms with Gasteiger partial charge in [0.1, 0.15) is 5.78 Å². The molecule has 0 bridgehead atoms. The summed E-state index contributed by atoms with van der Waals surface area (Å²) in [6.45, 7) is 0.598. The van der Waals surface area contributed by atoms with Gasteiger partial charge in [-0.3, -0.25) is 14.5 Å². The van der Waals surface area contributed by atoms with Crippen LogP contribution >= 0.6 is 0 Å². The number of aryl methyl sites for hydroxylation is 1. The van der Waals surface area contributed by atoms with E-state index in [2.05, 4.69) is 5.32 Å². The first kappa shape index (κ1) is 18.1. The maximum absolute atomic E-state index is 12.6. The highest BCUT2D eigenvalue weighted by Gasteiger charge is 2.37. The van der Waals surface area contributed by atoms with Crippen molar-refractivity contribution in [3.8, 4) is 0 Å². The summed E-state index contributed by atoms with van der Waals surface area (Å²) in [5.74, 6) is -0.233. The lowest BCUT2D eigenvalue weighted by molar-refractivity contribution is -0.144. The molecular weight excluding hydrogens is 316 g/mol. The zero-order valence-corrected chi connectivity index (χ0v) is 14.7. The number of Topliss-reactive ketones (excluding diaryl/α,β-unsaturated/α-hetero) is 1. The van der Waals surface area contributed by atoms with Gasteiger partial charge in [0, 0.05) is 19.0 Å². The van der Waals surface area contributed by atoms with Crippen LogP contribution in [0.15, 0.2) is 30.3 Å². The fourth-order valence-electron chi connectivity index (χ4n) is 4.00. The predicted molar refractivity (Wildman–Crippen MR) is 95.9 cm³/mol. The maximum Gasteiger partial charge on any atom is 0.264 e. The second kappa shape index (κ2) is 8.59. The number of carbonyl (C=O) groups excluding carboxylic acids is 2. The summed E-state index contributed by atoms with van der Waals surface area (Å²) in [6.07, 6.45) is 5.73. The van der Waals surface area contributed by atoms with Crippen LogP contribution in [0.25, 0.3) is 0 Å². The highest BCUT2D eigenvalue weighted by molar-refractivity contribution is 5.86. The summed E-state index contributed by atoms with van der Waals surface area (Å²) >= 11 is 0. The molecule has 5 heteroatoms. The topological polar surface area (TPSA) is 69.6 Å². The average Bonchev–Trinajstić information content (AvgIpc) is 3.31. The number of benzene rings is 1. The van der Waals surface area contributed by atoms with Crippen molar-refractivity contribution < 1.29 is 14.7 Å². The van der Waals surface area contributed by atoms with Crippen molar-refractivity contribution in [2.75, 3.05) is 6.54 Å². The summed E-state index contributed by atoms with van der Waals surface area (Å²) in [4.78, 5) is 26.6.